The minimum absolute atomic E-state index is 0.0793. The zero-order chi connectivity index (χ0) is 24.5. The number of benzene rings is 1. The van der Waals surface area contributed by atoms with Crippen LogP contribution < -0.4 is 10.1 Å². The highest BCUT2D eigenvalue weighted by Crippen LogP contribution is 2.29. The molecule has 4 aromatic rings. The highest BCUT2D eigenvalue weighted by molar-refractivity contribution is 5.97. The molecule has 0 unspecified atom stereocenters. The average Bonchev–Trinajstić information content (AvgIpc) is 3.29. The van der Waals surface area contributed by atoms with E-state index >= 15 is 0 Å². The van der Waals surface area contributed by atoms with Gasteiger partial charge < -0.3 is 10.1 Å². The number of rotatable bonds is 8. The zero-order valence-electron chi connectivity index (χ0n) is 19.7. The molecule has 9 nitrogen and oxygen atoms in total. The fourth-order valence-corrected chi connectivity index (χ4v) is 4.57. The molecule has 36 heavy (non-hydrogen) atoms. The minimum Gasteiger partial charge on any atom is -0.472 e. The molecule has 10 heteroatoms. The largest absolute Gasteiger partial charge is 0.472 e. The molecule has 0 amide bonds. The van der Waals surface area contributed by atoms with E-state index in [1.807, 2.05) is 29.1 Å². The van der Waals surface area contributed by atoms with Crippen molar-refractivity contribution in [3.8, 4) is 17.0 Å². The predicted octanol–water partition coefficient (Wildman–Crippen LogP) is 2.45. The van der Waals surface area contributed by atoms with Gasteiger partial charge in [0.25, 0.3) is 0 Å². The van der Waals surface area contributed by atoms with Gasteiger partial charge in [-0.15, -0.1) is 0 Å². The number of alkyl halides is 1. The Morgan fingerprint density at radius 2 is 2.06 bits per heavy atom. The number of nitrogens with zero attached hydrogens (tertiary/aromatic N) is 6. The Kier molecular flexibility index (Phi) is 6.12. The summed E-state index contributed by atoms with van der Waals surface area (Å²) in [5.41, 5.74) is 4.37. The quantitative estimate of drug-likeness (QED) is 0.379. The minimum atomic E-state index is -0.357. The van der Waals surface area contributed by atoms with Crippen molar-refractivity contribution in [3.63, 3.8) is 0 Å². The van der Waals surface area contributed by atoms with Crippen LogP contribution in [-0.2, 0) is 19.5 Å². The molecule has 1 fully saturated rings. The maximum atomic E-state index is 13.0. The number of Topliss-reactive ketones (excluding diaryl/α,β-unsaturated/α-hetero) is 1. The predicted molar refractivity (Wildman–Crippen MR) is 132 cm³/mol. The number of halogens is 1. The van der Waals surface area contributed by atoms with Crippen molar-refractivity contribution in [2.24, 2.45) is 0 Å². The van der Waals surface area contributed by atoms with Crippen LogP contribution in [0.3, 0.4) is 0 Å². The summed E-state index contributed by atoms with van der Waals surface area (Å²) in [6.45, 7) is 3.84. The van der Waals surface area contributed by atoms with Crippen molar-refractivity contribution in [1.82, 2.24) is 34.9 Å². The molecule has 1 aromatic carbocycles. The SMILES string of the molecule is O=C(Cc1ncc2ccc(-c3cnn4c3CN(CCF)CC4)cc2n1)c1ccnc(OC2CNC2)c1. The van der Waals surface area contributed by atoms with Crippen molar-refractivity contribution in [1.29, 1.82) is 0 Å². The molecule has 0 bridgehead atoms. The second-order valence-electron chi connectivity index (χ2n) is 9.13. The van der Waals surface area contributed by atoms with Gasteiger partial charge in [0.1, 0.15) is 18.6 Å². The first kappa shape index (κ1) is 22.7. The number of aromatic nitrogens is 5. The Balaban J connectivity index is 1.23. The van der Waals surface area contributed by atoms with E-state index in [1.165, 1.54) is 0 Å². The first-order valence-corrected chi connectivity index (χ1v) is 12.1. The van der Waals surface area contributed by atoms with Crippen molar-refractivity contribution in [2.75, 3.05) is 32.9 Å². The number of nitrogens with one attached hydrogen (secondary N) is 1. The molecule has 0 atom stereocenters. The molecule has 0 spiro atoms. The van der Waals surface area contributed by atoms with E-state index in [0.29, 0.717) is 30.4 Å². The van der Waals surface area contributed by atoms with Crippen LogP contribution in [-0.4, -0.2) is 74.4 Å². The topological polar surface area (TPSA) is 98.1 Å². The molecule has 184 valence electrons. The average molecular weight is 488 g/mol. The smallest absolute Gasteiger partial charge is 0.214 e. The van der Waals surface area contributed by atoms with E-state index in [-0.39, 0.29) is 25.0 Å². The lowest BCUT2D eigenvalue weighted by Crippen LogP contribution is -2.50. The third-order valence-corrected chi connectivity index (χ3v) is 6.70. The van der Waals surface area contributed by atoms with Gasteiger partial charge in [0, 0.05) is 67.7 Å². The van der Waals surface area contributed by atoms with Gasteiger partial charge in [0.2, 0.25) is 5.88 Å². The van der Waals surface area contributed by atoms with Crippen LogP contribution >= 0.6 is 0 Å². The summed E-state index contributed by atoms with van der Waals surface area (Å²) in [5.74, 6) is 0.812. The highest BCUT2D eigenvalue weighted by Gasteiger charge is 2.22. The van der Waals surface area contributed by atoms with Crippen LogP contribution in [0.1, 0.15) is 21.9 Å². The molecule has 5 heterocycles. The lowest BCUT2D eigenvalue weighted by atomic mass is 10.0. The van der Waals surface area contributed by atoms with Crippen molar-refractivity contribution in [3.05, 3.63) is 66.0 Å². The second-order valence-corrected chi connectivity index (χ2v) is 9.13. The number of pyridine rings is 1. The first-order valence-electron chi connectivity index (χ1n) is 12.1. The first-order chi connectivity index (χ1) is 17.7. The van der Waals surface area contributed by atoms with Crippen LogP contribution in [0.4, 0.5) is 4.39 Å². The normalized spacial score (nSPS) is 16.0. The number of ketones is 1. The fraction of sp³-hybridized carbons (Fsp3) is 0.346. The molecular weight excluding hydrogens is 461 g/mol. The van der Waals surface area contributed by atoms with E-state index < -0.39 is 0 Å². The van der Waals surface area contributed by atoms with Crippen LogP contribution in [0.5, 0.6) is 5.88 Å². The molecule has 1 N–H and O–H groups in total. The van der Waals surface area contributed by atoms with E-state index in [0.717, 1.165) is 53.9 Å². The van der Waals surface area contributed by atoms with Gasteiger partial charge in [-0.25, -0.2) is 19.3 Å². The van der Waals surface area contributed by atoms with Crippen LogP contribution in [0, 0.1) is 0 Å². The van der Waals surface area contributed by atoms with E-state index in [9.17, 15) is 9.18 Å². The maximum Gasteiger partial charge on any atom is 0.214 e. The van der Waals surface area contributed by atoms with E-state index in [1.54, 1.807) is 24.5 Å². The van der Waals surface area contributed by atoms with Crippen molar-refractivity contribution in [2.45, 2.75) is 25.6 Å². The van der Waals surface area contributed by atoms with E-state index in [4.69, 9.17) is 4.74 Å². The maximum absolute atomic E-state index is 13.0. The summed E-state index contributed by atoms with van der Waals surface area (Å²) >= 11 is 0. The summed E-state index contributed by atoms with van der Waals surface area (Å²) < 4.78 is 20.7. The highest BCUT2D eigenvalue weighted by atomic mass is 19.1. The third-order valence-electron chi connectivity index (χ3n) is 6.70. The number of carbonyl (C=O) groups excluding carboxylic acids is 1. The van der Waals surface area contributed by atoms with Crippen molar-refractivity contribution >= 4 is 16.7 Å². The van der Waals surface area contributed by atoms with Gasteiger partial charge >= 0.3 is 0 Å². The van der Waals surface area contributed by atoms with Gasteiger partial charge in [-0.05, 0) is 17.7 Å². The van der Waals surface area contributed by atoms with Crippen LogP contribution in [0.25, 0.3) is 22.0 Å². The summed E-state index contributed by atoms with van der Waals surface area (Å²) in [6, 6.07) is 9.36. The molecule has 0 radical (unpaired) electrons. The molecule has 0 saturated carbocycles. The molecule has 2 aliphatic heterocycles. The Labute approximate surface area is 207 Å². The molecule has 3 aromatic heterocycles. The molecular formula is C26H26FN7O2. The number of hydrogen-bond donors (Lipinski definition) is 1. The zero-order valence-corrected chi connectivity index (χ0v) is 19.7. The Bertz CT molecular complexity index is 1420. The number of fused-ring (bicyclic) bond motifs is 2. The summed E-state index contributed by atoms with van der Waals surface area (Å²) in [5, 5.41) is 8.57. The Morgan fingerprint density at radius 1 is 1.14 bits per heavy atom. The monoisotopic (exact) mass is 487 g/mol. The van der Waals surface area contributed by atoms with Crippen LogP contribution in [0.15, 0.2) is 48.9 Å². The van der Waals surface area contributed by atoms with Gasteiger partial charge in [-0.3, -0.25) is 14.4 Å². The number of carbonyl (C=O) groups is 1. The third kappa shape index (κ3) is 4.57. The Hall–Kier alpha value is -3.76. The van der Waals surface area contributed by atoms with E-state index in [2.05, 4.69) is 30.3 Å². The molecule has 1 saturated heterocycles. The molecule has 6 rings (SSSR count). The van der Waals surface area contributed by atoms with Gasteiger partial charge in [-0.2, -0.15) is 5.10 Å². The van der Waals surface area contributed by atoms with Gasteiger partial charge in [0.05, 0.1) is 30.4 Å². The fourth-order valence-electron chi connectivity index (χ4n) is 4.57. The van der Waals surface area contributed by atoms with Gasteiger partial charge in [0.15, 0.2) is 5.78 Å². The lowest BCUT2D eigenvalue weighted by molar-refractivity contribution is 0.0988. The number of ether oxygens (including phenoxy) is 1. The lowest BCUT2D eigenvalue weighted by Gasteiger charge is -2.27. The number of hydrogen-bond acceptors (Lipinski definition) is 8. The standard InChI is InChI=1S/C26H26FN7O2/c27-4-6-33-7-8-34-23(16-33)21(15-31-34)17-1-2-19-12-30-25(32-22(19)9-17)11-24(35)18-3-5-29-26(10-18)36-20-13-28-14-20/h1-3,5,9-10,12,15,20,28H,4,6-8,11,13-14,16H2. The van der Waals surface area contributed by atoms with Gasteiger partial charge in [-0.1, -0.05) is 12.1 Å². The Morgan fingerprint density at radius 3 is 2.89 bits per heavy atom. The second kappa shape index (κ2) is 9.71. The summed E-state index contributed by atoms with van der Waals surface area (Å²) in [4.78, 5) is 28.4. The summed E-state index contributed by atoms with van der Waals surface area (Å²) in [7, 11) is 0. The molecule has 2 aliphatic rings. The summed E-state index contributed by atoms with van der Waals surface area (Å²) in [6.07, 6.45) is 5.37. The molecule has 0 aliphatic carbocycles. The van der Waals surface area contributed by atoms with Crippen molar-refractivity contribution < 1.29 is 13.9 Å². The van der Waals surface area contributed by atoms with Crippen LogP contribution in [0.2, 0.25) is 0 Å².